The summed E-state index contributed by atoms with van der Waals surface area (Å²) in [5, 5.41) is 22.2. The summed E-state index contributed by atoms with van der Waals surface area (Å²) in [7, 11) is 0. The van der Waals surface area contributed by atoms with E-state index in [0.29, 0.717) is 0 Å². The molecule has 0 aliphatic heterocycles. The van der Waals surface area contributed by atoms with Crippen molar-refractivity contribution in [1.82, 2.24) is 0 Å². The fourth-order valence-corrected chi connectivity index (χ4v) is 8.24. The summed E-state index contributed by atoms with van der Waals surface area (Å²) in [5.41, 5.74) is 9.74. The van der Waals surface area contributed by atoms with Gasteiger partial charge in [-0.25, -0.2) is 0 Å². The second-order valence-corrected chi connectivity index (χ2v) is 13.4. The SMILES string of the molecule is Oc1ccc2c(ccc3c(-c4cccc(-c5cccc(-c6c7ccccc7c(-c7ccccc7)c7ccccc67)c5)c4)c4ccccc4cc32)c1. The Labute approximate surface area is 296 Å². The third-order valence-electron chi connectivity index (χ3n) is 10.5. The zero-order valence-electron chi connectivity index (χ0n) is 27.8. The molecule has 238 valence electrons. The van der Waals surface area contributed by atoms with Crippen molar-refractivity contribution in [2.45, 2.75) is 0 Å². The van der Waals surface area contributed by atoms with Crippen LogP contribution in [-0.2, 0) is 0 Å². The molecule has 10 aromatic carbocycles. The standard InChI is InChI=1S/C50H32O/c51-39-25-27-40-36(30-39)24-26-46-47(40)31-35-14-4-5-19-41(35)49(46)37-17-10-15-33(28-37)34-16-11-18-38(29-34)50-44-22-8-6-20-42(44)48(32-12-2-1-3-13-32)43-21-7-9-23-45(43)50/h1-31,51H. The zero-order chi connectivity index (χ0) is 33.9. The normalized spacial score (nSPS) is 11.6. The van der Waals surface area contributed by atoms with E-state index in [0.717, 1.165) is 10.8 Å². The minimum absolute atomic E-state index is 0.283. The molecule has 0 bridgehead atoms. The molecule has 0 saturated heterocycles. The summed E-state index contributed by atoms with van der Waals surface area (Å²) >= 11 is 0. The first kappa shape index (κ1) is 29.2. The Morgan fingerprint density at radius 3 is 1.29 bits per heavy atom. The van der Waals surface area contributed by atoms with E-state index in [2.05, 4.69) is 170 Å². The summed E-state index contributed by atoms with van der Waals surface area (Å²) in [6.45, 7) is 0. The van der Waals surface area contributed by atoms with Gasteiger partial charge in [-0.3, -0.25) is 0 Å². The van der Waals surface area contributed by atoms with Crippen LogP contribution in [-0.4, -0.2) is 5.11 Å². The monoisotopic (exact) mass is 648 g/mol. The van der Waals surface area contributed by atoms with Crippen LogP contribution in [0.4, 0.5) is 0 Å². The van der Waals surface area contributed by atoms with Crippen molar-refractivity contribution in [3.8, 4) is 50.3 Å². The first-order chi connectivity index (χ1) is 25.2. The Hall–Kier alpha value is -6.70. The predicted molar refractivity (Wildman–Crippen MR) is 217 cm³/mol. The van der Waals surface area contributed by atoms with Gasteiger partial charge in [0.15, 0.2) is 0 Å². The lowest BCUT2D eigenvalue weighted by atomic mass is 9.85. The summed E-state index contributed by atoms with van der Waals surface area (Å²) in [4.78, 5) is 0. The molecule has 10 aromatic rings. The van der Waals surface area contributed by atoms with Gasteiger partial charge in [0.2, 0.25) is 0 Å². The number of benzene rings is 10. The Balaban J connectivity index is 1.18. The molecule has 0 saturated carbocycles. The molecule has 0 aromatic heterocycles. The van der Waals surface area contributed by atoms with Crippen LogP contribution in [0.15, 0.2) is 188 Å². The maximum atomic E-state index is 10.2. The van der Waals surface area contributed by atoms with Crippen LogP contribution in [0.25, 0.3) is 98.4 Å². The van der Waals surface area contributed by atoms with Crippen LogP contribution in [0, 0.1) is 0 Å². The lowest BCUT2D eigenvalue weighted by Gasteiger charge is -2.18. The van der Waals surface area contributed by atoms with Crippen molar-refractivity contribution in [2.24, 2.45) is 0 Å². The molecule has 0 heterocycles. The predicted octanol–water partition coefficient (Wildman–Crippen LogP) is 13.8. The van der Waals surface area contributed by atoms with E-state index in [1.54, 1.807) is 6.07 Å². The minimum Gasteiger partial charge on any atom is -0.508 e. The molecule has 0 atom stereocenters. The molecule has 1 N–H and O–H groups in total. The Bertz CT molecular complexity index is 2920. The van der Waals surface area contributed by atoms with E-state index in [9.17, 15) is 5.11 Å². The zero-order valence-corrected chi connectivity index (χ0v) is 27.8. The Morgan fingerprint density at radius 1 is 0.235 bits per heavy atom. The molecule has 1 nitrogen and oxygen atoms in total. The molecule has 0 aliphatic rings. The number of hydrogen-bond donors (Lipinski definition) is 1. The molecular weight excluding hydrogens is 617 g/mol. The Kier molecular flexibility index (Phi) is 6.72. The highest BCUT2D eigenvalue weighted by Crippen LogP contribution is 2.45. The third-order valence-corrected chi connectivity index (χ3v) is 10.5. The molecule has 51 heavy (non-hydrogen) atoms. The van der Waals surface area contributed by atoms with E-state index in [4.69, 9.17) is 0 Å². The van der Waals surface area contributed by atoms with Gasteiger partial charge in [0.05, 0.1) is 0 Å². The van der Waals surface area contributed by atoms with Crippen molar-refractivity contribution < 1.29 is 5.11 Å². The second-order valence-electron chi connectivity index (χ2n) is 13.4. The molecule has 10 rings (SSSR count). The van der Waals surface area contributed by atoms with E-state index in [1.807, 2.05) is 12.1 Å². The van der Waals surface area contributed by atoms with E-state index in [-0.39, 0.29) is 5.75 Å². The summed E-state index contributed by atoms with van der Waals surface area (Å²) in [6, 6.07) is 67.4. The van der Waals surface area contributed by atoms with Gasteiger partial charge >= 0.3 is 0 Å². The van der Waals surface area contributed by atoms with Gasteiger partial charge in [-0.05, 0) is 129 Å². The largest absolute Gasteiger partial charge is 0.508 e. The van der Waals surface area contributed by atoms with Gasteiger partial charge < -0.3 is 5.11 Å². The molecule has 0 spiro atoms. The molecule has 0 fully saturated rings. The van der Waals surface area contributed by atoms with Crippen LogP contribution in [0.3, 0.4) is 0 Å². The average molecular weight is 649 g/mol. The van der Waals surface area contributed by atoms with Gasteiger partial charge in [-0.1, -0.05) is 158 Å². The van der Waals surface area contributed by atoms with Gasteiger partial charge in [0.25, 0.3) is 0 Å². The summed E-state index contributed by atoms with van der Waals surface area (Å²) < 4.78 is 0. The number of rotatable bonds is 4. The minimum atomic E-state index is 0.283. The second kappa shape index (κ2) is 11.7. The number of aromatic hydroxyl groups is 1. The fourth-order valence-electron chi connectivity index (χ4n) is 8.24. The highest BCUT2D eigenvalue weighted by atomic mass is 16.3. The van der Waals surface area contributed by atoms with E-state index < -0.39 is 0 Å². The van der Waals surface area contributed by atoms with Crippen LogP contribution in [0.2, 0.25) is 0 Å². The van der Waals surface area contributed by atoms with Crippen LogP contribution in [0.1, 0.15) is 0 Å². The number of hydrogen-bond acceptors (Lipinski definition) is 1. The van der Waals surface area contributed by atoms with Crippen molar-refractivity contribution >= 4 is 53.9 Å². The van der Waals surface area contributed by atoms with Crippen LogP contribution in [0.5, 0.6) is 5.75 Å². The van der Waals surface area contributed by atoms with Crippen molar-refractivity contribution in [3.63, 3.8) is 0 Å². The molecule has 0 aliphatic carbocycles. The molecule has 1 heteroatoms. The van der Waals surface area contributed by atoms with Gasteiger partial charge in [-0.15, -0.1) is 0 Å². The fraction of sp³-hybridized carbons (Fsp3) is 0. The number of phenols is 1. The smallest absolute Gasteiger partial charge is 0.116 e. The van der Waals surface area contributed by atoms with Gasteiger partial charge in [-0.2, -0.15) is 0 Å². The highest BCUT2D eigenvalue weighted by Gasteiger charge is 2.17. The lowest BCUT2D eigenvalue weighted by molar-refractivity contribution is 0.476. The number of fused-ring (bicyclic) bond motifs is 6. The quantitative estimate of drug-likeness (QED) is 0.149. The van der Waals surface area contributed by atoms with Gasteiger partial charge in [0, 0.05) is 0 Å². The van der Waals surface area contributed by atoms with Crippen molar-refractivity contribution in [1.29, 1.82) is 0 Å². The summed E-state index contributed by atoms with van der Waals surface area (Å²) in [6.07, 6.45) is 0. The van der Waals surface area contributed by atoms with E-state index in [1.165, 1.54) is 87.6 Å². The maximum Gasteiger partial charge on any atom is 0.116 e. The van der Waals surface area contributed by atoms with Crippen LogP contribution >= 0.6 is 0 Å². The van der Waals surface area contributed by atoms with Crippen molar-refractivity contribution in [3.05, 3.63) is 188 Å². The van der Waals surface area contributed by atoms with E-state index >= 15 is 0 Å². The average Bonchev–Trinajstić information content (AvgIpc) is 3.19. The molecule has 0 radical (unpaired) electrons. The van der Waals surface area contributed by atoms with Gasteiger partial charge in [0.1, 0.15) is 5.75 Å². The molecule has 0 unspecified atom stereocenters. The summed E-state index contributed by atoms with van der Waals surface area (Å²) in [5.74, 6) is 0.283. The maximum absolute atomic E-state index is 10.2. The molecular formula is C50H32O. The molecule has 0 amide bonds. The Morgan fingerprint density at radius 2 is 0.667 bits per heavy atom. The van der Waals surface area contributed by atoms with Crippen molar-refractivity contribution in [2.75, 3.05) is 0 Å². The number of phenolic OH excluding ortho intramolecular Hbond substituents is 1. The van der Waals surface area contributed by atoms with Crippen LogP contribution < -0.4 is 0 Å². The topological polar surface area (TPSA) is 20.2 Å². The first-order valence-electron chi connectivity index (χ1n) is 17.5. The lowest BCUT2D eigenvalue weighted by Crippen LogP contribution is -1.91. The highest BCUT2D eigenvalue weighted by molar-refractivity contribution is 6.22. The first-order valence-corrected chi connectivity index (χ1v) is 17.5. The third kappa shape index (κ3) is 4.78.